The Kier molecular flexibility index (Phi) is 3.50. The fourth-order valence-corrected chi connectivity index (χ4v) is 2.12. The summed E-state index contributed by atoms with van der Waals surface area (Å²) >= 11 is 0. The number of nitrogens with two attached hydrogens (primary N) is 1. The van der Waals surface area contributed by atoms with E-state index in [-0.39, 0.29) is 11.7 Å². The quantitative estimate of drug-likeness (QED) is 0.255. The summed E-state index contributed by atoms with van der Waals surface area (Å²) in [6.07, 6.45) is 6.22. The van der Waals surface area contributed by atoms with E-state index in [2.05, 4.69) is 20.4 Å². The standard InChI is InChI=1S/C11H17N5O2/c12-9(16-18)11(3-1-4-11)10(17)15-5-2-8-13-6-7-14-8/h6-7,18H,1-5H2,(H2,12,16)(H,13,14)(H,15,17). The molecule has 1 amide bonds. The molecule has 1 aliphatic rings. The van der Waals surface area contributed by atoms with Gasteiger partial charge in [0, 0.05) is 25.4 Å². The van der Waals surface area contributed by atoms with Crippen molar-refractivity contribution in [2.24, 2.45) is 16.3 Å². The second-order valence-corrected chi connectivity index (χ2v) is 4.46. The maximum absolute atomic E-state index is 12.1. The molecule has 18 heavy (non-hydrogen) atoms. The Hall–Kier alpha value is -2.05. The second-order valence-electron chi connectivity index (χ2n) is 4.46. The van der Waals surface area contributed by atoms with Crippen molar-refractivity contribution >= 4 is 11.7 Å². The van der Waals surface area contributed by atoms with Crippen LogP contribution in [-0.2, 0) is 11.2 Å². The number of aromatic nitrogens is 2. The molecule has 1 aliphatic carbocycles. The van der Waals surface area contributed by atoms with Gasteiger partial charge in [-0.25, -0.2) is 4.98 Å². The molecule has 1 aromatic rings. The van der Waals surface area contributed by atoms with Crippen molar-refractivity contribution in [3.8, 4) is 0 Å². The van der Waals surface area contributed by atoms with Crippen molar-refractivity contribution in [1.29, 1.82) is 0 Å². The normalized spacial score (nSPS) is 18.1. The number of carbonyl (C=O) groups excluding carboxylic acids is 1. The lowest BCUT2D eigenvalue weighted by Crippen LogP contribution is -2.54. The summed E-state index contributed by atoms with van der Waals surface area (Å²) in [4.78, 5) is 19.1. The molecule has 7 nitrogen and oxygen atoms in total. The van der Waals surface area contributed by atoms with E-state index < -0.39 is 5.41 Å². The maximum Gasteiger partial charge on any atom is 0.233 e. The van der Waals surface area contributed by atoms with Crippen molar-refractivity contribution in [1.82, 2.24) is 15.3 Å². The molecule has 2 rings (SSSR count). The molecule has 0 bridgehead atoms. The largest absolute Gasteiger partial charge is 0.409 e. The van der Waals surface area contributed by atoms with Gasteiger partial charge < -0.3 is 21.2 Å². The molecule has 5 N–H and O–H groups in total. The topological polar surface area (TPSA) is 116 Å². The molecule has 0 atom stereocenters. The van der Waals surface area contributed by atoms with E-state index in [1.54, 1.807) is 12.4 Å². The number of imidazole rings is 1. The smallest absolute Gasteiger partial charge is 0.233 e. The lowest BCUT2D eigenvalue weighted by atomic mass is 9.67. The van der Waals surface area contributed by atoms with E-state index in [9.17, 15) is 4.79 Å². The third kappa shape index (κ3) is 2.15. The molecule has 0 aliphatic heterocycles. The van der Waals surface area contributed by atoms with Crippen molar-refractivity contribution in [3.63, 3.8) is 0 Å². The number of nitrogens with zero attached hydrogens (tertiary/aromatic N) is 2. The number of H-pyrrole nitrogens is 1. The van der Waals surface area contributed by atoms with Crippen LogP contribution in [0, 0.1) is 5.41 Å². The zero-order chi connectivity index (χ0) is 13.0. The Morgan fingerprint density at radius 3 is 2.94 bits per heavy atom. The lowest BCUT2D eigenvalue weighted by Gasteiger charge is -2.38. The Morgan fingerprint density at radius 1 is 1.67 bits per heavy atom. The van der Waals surface area contributed by atoms with Crippen LogP contribution in [0.3, 0.4) is 0 Å². The average Bonchev–Trinajstić information content (AvgIpc) is 2.80. The molecule has 0 spiro atoms. The Labute approximate surface area is 104 Å². The number of amides is 1. The van der Waals surface area contributed by atoms with Gasteiger partial charge in [0.25, 0.3) is 0 Å². The van der Waals surface area contributed by atoms with Gasteiger partial charge in [-0.2, -0.15) is 0 Å². The highest BCUT2D eigenvalue weighted by molar-refractivity contribution is 6.07. The van der Waals surface area contributed by atoms with Crippen LogP contribution in [-0.4, -0.2) is 33.5 Å². The number of oxime groups is 1. The summed E-state index contributed by atoms with van der Waals surface area (Å²) in [6.45, 7) is 0.479. The number of amidine groups is 1. The number of hydrogen-bond acceptors (Lipinski definition) is 4. The predicted molar refractivity (Wildman–Crippen MR) is 65.0 cm³/mol. The van der Waals surface area contributed by atoms with Gasteiger partial charge in [-0.1, -0.05) is 11.6 Å². The summed E-state index contributed by atoms with van der Waals surface area (Å²) in [7, 11) is 0. The first-order chi connectivity index (χ1) is 8.69. The van der Waals surface area contributed by atoms with E-state index >= 15 is 0 Å². The molecule has 1 fully saturated rings. The first kappa shape index (κ1) is 12.4. The molecular formula is C11H17N5O2. The van der Waals surface area contributed by atoms with Crippen molar-refractivity contribution in [3.05, 3.63) is 18.2 Å². The van der Waals surface area contributed by atoms with Gasteiger partial charge >= 0.3 is 0 Å². The van der Waals surface area contributed by atoms with Crippen LogP contribution in [0.1, 0.15) is 25.1 Å². The van der Waals surface area contributed by atoms with Gasteiger partial charge in [-0.05, 0) is 12.8 Å². The van der Waals surface area contributed by atoms with Crippen LogP contribution < -0.4 is 11.1 Å². The van der Waals surface area contributed by atoms with Gasteiger partial charge in [0.1, 0.15) is 11.2 Å². The number of aromatic amines is 1. The van der Waals surface area contributed by atoms with Crippen LogP contribution in [0.5, 0.6) is 0 Å². The Balaban J connectivity index is 1.87. The van der Waals surface area contributed by atoms with Gasteiger partial charge in [-0.3, -0.25) is 4.79 Å². The Morgan fingerprint density at radius 2 is 2.44 bits per heavy atom. The summed E-state index contributed by atoms with van der Waals surface area (Å²) in [5.74, 6) is 0.654. The minimum absolute atomic E-state index is 0.00393. The maximum atomic E-state index is 12.1. The summed E-state index contributed by atoms with van der Waals surface area (Å²) in [6, 6.07) is 0. The van der Waals surface area contributed by atoms with E-state index in [0.29, 0.717) is 25.8 Å². The third-order valence-corrected chi connectivity index (χ3v) is 3.44. The van der Waals surface area contributed by atoms with Gasteiger partial charge in [-0.15, -0.1) is 0 Å². The summed E-state index contributed by atoms with van der Waals surface area (Å²) in [5.41, 5.74) is 4.79. The van der Waals surface area contributed by atoms with Crippen molar-refractivity contribution < 1.29 is 10.0 Å². The highest BCUT2D eigenvalue weighted by Gasteiger charge is 2.48. The predicted octanol–water partition coefficient (Wildman–Crippen LogP) is -0.0149. The fourth-order valence-electron chi connectivity index (χ4n) is 2.12. The molecule has 1 aromatic heterocycles. The fraction of sp³-hybridized carbons (Fsp3) is 0.545. The minimum Gasteiger partial charge on any atom is -0.409 e. The number of rotatable bonds is 5. The highest BCUT2D eigenvalue weighted by Crippen LogP contribution is 2.41. The Bertz CT molecular complexity index is 436. The number of hydrogen-bond donors (Lipinski definition) is 4. The lowest BCUT2D eigenvalue weighted by molar-refractivity contribution is -0.131. The second kappa shape index (κ2) is 5.07. The van der Waals surface area contributed by atoms with Crippen LogP contribution >= 0.6 is 0 Å². The molecule has 1 heterocycles. The first-order valence-electron chi connectivity index (χ1n) is 5.93. The summed E-state index contributed by atoms with van der Waals surface area (Å²) < 4.78 is 0. The third-order valence-electron chi connectivity index (χ3n) is 3.44. The first-order valence-corrected chi connectivity index (χ1v) is 5.93. The molecule has 0 saturated heterocycles. The van der Waals surface area contributed by atoms with E-state index in [0.717, 1.165) is 12.2 Å². The minimum atomic E-state index is -0.808. The van der Waals surface area contributed by atoms with E-state index in [1.165, 1.54) is 0 Å². The molecule has 1 saturated carbocycles. The molecule has 0 aromatic carbocycles. The average molecular weight is 251 g/mol. The van der Waals surface area contributed by atoms with Gasteiger partial charge in [0.2, 0.25) is 5.91 Å². The van der Waals surface area contributed by atoms with Crippen molar-refractivity contribution in [2.45, 2.75) is 25.7 Å². The van der Waals surface area contributed by atoms with Crippen LogP contribution in [0.4, 0.5) is 0 Å². The SMILES string of the molecule is N/C(=N/O)C1(C(=O)NCCc2ncc[nH]2)CCC1. The molecule has 0 unspecified atom stereocenters. The monoisotopic (exact) mass is 251 g/mol. The van der Waals surface area contributed by atoms with Crippen molar-refractivity contribution in [2.75, 3.05) is 6.54 Å². The number of nitrogens with one attached hydrogen (secondary N) is 2. The van der Waals surface area contributed by atoms with E-state index in [4.69, 9.17) is 10.9 Å². The van der Waals surface area contributed by atoms with E-state index in [1.807, 2.05) is 0 Å². The molecule has 98 valence electrons. The summed E-state index contributed by atoms with van der Waals surface area (Å²) in [5, 5.41) is 14.5. The van der Waals surface area contributed by atoms with Crippen LogP contribution in [0.2, 0.25) is 0 Å². The van der Waals surface area contributed by atoms with Crippen LogP contribution in [0.25, 0.3) is 0 Å². The van der Waals surface area contributed by atoms with Gasteiger partial charge in [0.05, 0.1) is 0 Å². The molecular weight excluding hydrogens is 234 g/mol. The highest BCUT2D eigenvalue weighted by atomic mass is 16.4. The zero-order valence-electron chi connectivity index (χ0n) is 10.0. The zero-order valence-corrected chi connectivity index (χ0v) is 10.0. The number of carbonyl (C=O) groups is 1. The molecule has 7 heteroatoms. The van der Waals surface area contributed by atoms with Gasteiger partial charge in [0.15, 0.2) is 5.84 Å². The van der Waals surface area contributed by atoms with Crippen LogP contribution in [0.15, 0.2) is 17.5 Å². The molecule has 0 radical (unpaired) electrons.